The molecular weight excluding hydrogens is 553 g/mol. The first-order chi connectivity index (χ1) is 18.0. The molecule has 18 heteroatoms. The lowest BCUT2D eigenvalue weighted by atomic mass is 10.1. The second-order valence-electron chi connectivity index (χ2n) is 7.62. The number of H-pyrrole nitrogens is 1. The zero-order chi connectivity index (χ0) is 30.0. The zero-order valence-electron chi connectivity index (χ0n) is 20.9. The van der Waals surface area contributed by atoms with E-state index >= 15 is 0 Å². The van der Waals surface area contributed by atoms with Crippen LogP contribution in [0.1, 0.15) is 16.8 Å². The average Bonchev–Trinajstić information content (AvgIpc) is 2.80. The summed E-state index contributed by atoms with van der Waals surface area (Å²) in [4.78, 5) is 40.9. The molecule has 0 unspecified atom stereocenters. The van der Waals surface area contributed by atoms with Crippen LogP contribution in [0.25, 0.3) is 0 Å². The fourth-order valence-corrected chi connectivity index (χ4v) is 4.14. The van der Waals surface area contributed by atoms with Gasteiger partial charge in [-0.1, -0.05) is 6.07 Å². The molecule has 1 aromatic carbocycles. The van der Waals surface area contributed by atoms with Gasteiger partial charge in [0.25, 0.3) is 15.6 Å². The Labute approximate surface area is 220 Å². The number of nitrogens with zero attached hydrogens (tertiary/aromatic N) is 1. The number of carboxylic acids is 1. The van der Waals surface area contributed by atoms with Crippen LogP contribution in [0.4, 0.5) is 18.9 Å². The van der Waals surface area contributed by atoms with E-state index in [1.807, 2.05) is 0 Å². The number of aromatic amines is 1. The molecule has 0 atom stereocenters. The van der Waals surface area contributed by atoms with Crippen molar-refractivity contribution in [2.24, 2.45) is 16.6 Å². The Kier molecular flexibility index (Phi) is 11.6. The van der Waals surface area contributed by atoms with E-state index in [0.717, 1.165) is 0 Å². The molecule has 0 radical (unpaired) electrons. The quantitative estimate of drug-likeness (QED) is 0.0974. The molecule has 216 valence electrons. The number of halogens is 3. The molecule has 1 heterocycles. The fraction of sp³-hybridized carbons (Fsp3) is 0.333. The number of aromatic nitrogens is 1. The summed E-state index contributed by atoms with van der Waals surface area (Å²) in [7, 11) is -2.85. The van der Waals surface area contributed by atoms with Gasteiger partial charge in [-0.2, -0.15) is 13.2 Å². The highest BCUT2D eigenvalue weighted by atomic mass is 32.2. The highest BCUT2D eigenvalue weighted by Crippen LogP contribution is 2.27. The van der Waals surface area contributed by atoms with Crippen LogP contribution in [0, 0.1) is 13.8 Å². The minimum Gasteiger partial charge on any atom is -0.495 e. The number of aryl methyl sites for hydroxylation is 2. The van der Waals surface area contributed by atoms with Gasteiger partial charge >= 0.3 is 12.1 Å². The van der Waals surface area contributed by atoms with Crippen LogP contribution >= 0.6 is 0 Å². The van der Waals surface area contributed by atoms with Crippen LogP contribution in [-0.4, -0.2) is 62.8 Å². The number of oxime groups is 1. The maximum atomic E-state index is 13.0. The van der Waals surface area contributed by atoms with Gasteiger partial charge in [-0.05, 0) is 48.3 Å². The summed E-state index contributed by atoms with van der Waals surface area (Å²) >= 11 is 0. The number of nitrogens with two attached hydrogens (primary N) is 2. The van der Waals surface area contributed by atoms with E-state index in [1.54, 1.807) is 19.9 Å². The van der Waals surface area contributed by atoms with Crippen molar-refractivity contribution in [3.63, 3.8) is 0 Å². The Balaban J connectivity index is 0.000000956. The molecule has 39 heavy (non-hydrogen) atoms. The molecule has 1 amide bonds. The van der Waals surface area contributed by atoms with E-state index in [9.17, 15) is 31.2 Å². The van der Waals surface area contributed by atoms with Crippen molar-refractivity contribution in [2.45, 2.75) is 31.3 Å². The van der Waals surface area contributed by atoms with Crippen molar-refractivity contribution in [3.8, 4) is 5.75 Å². The third-order valence-corrected chi connectivity index (χ3v) is 5.74. The number of alkyl halides is 3. The van der Waals surface area contributed by atoms with Gasteiger partial charge < -0.3 is 36.4 Å². The third-order valence-electron chi connectivity index (χ3n) is 4.37. The maximum Gasteiger partial charge on any atom is 0.490 e. The van der Waals surface area contributed by atoms with E-state index in [2.05, 4.69) is 20.2 Å². The number of pyridine rings is 1. The Bertz CT molecular complexity index is 1370. The number of nitrogens with one attached hydrogen (secondary N) is 3. The molecule has 2 aromatic rings. The molecule has 8 N–H and O–H groups in total. The highest BCUT2D eigenvalue weighted by molar-refractivity contribution is 7.92. The topological polar surface area (TPSA) is 228 Å². The van der Waals surface area contributed by atoms with Crippen LogP contribution in [-0.2, 0) is 30.9 Å². The predicted molar refractivity (Wildman–Crippen MR) is 133 cm³/mol. The number of guanidine groups is 1. The monoisotopic (exact) mass is 580 g/mol. The van der Waals surface area contributed by atoms with Crippen LogP contribution in [0.15, 0.2) is 39.1 Å². The van der Waals surface area contributed by atoms with Crippen molar-refractivity contribution in [3.05, 3.63) is 51.4 Å². The van der Waals surface area contributed by atoms with Gasteiger partial charge in [-0.25, -0.2) is 13.2 Å². The number of hydrogen-bond acceptors (Lipinski definition) is 8. The minimum absolute atomic E-state index is 0.0185. The summed E-state index contributed by atoms with van der Waals surface area (Å²) in [5, 5.41) is 13.0. The lowest BCUT2D eigenvalue weighted by Crippen LogP contribution is -2.30. The van der Waals surface area contributed by atoms with E-state index < -0.39 is 33.6 Å². The number of methoxy groups -OCH3 is 1. The Morgan fingerprint density at radius 2 is 1.79 bits per heavy atom. The van der Waals surface area contributed by atoms with Gasteiger partial charge in [0.1, 0.15) is 22.9 Å². The van der Waals surface area contributed by atoms with E-state index in [0.29, 0.717) is 11.3 Å². The lowest BCUT2D eigenvalue weighted by molar-refractivity contribution is -0.192. The number of benzene rings is 1. The van der Waals surface area contributed by atoms with Crippen LogP contribution < -0.4 is 31.8 Å². The largest absolute Gasteiger partial charge is 0.495 e. The molecule has 0 aliphatic carbocycles. The Morgan fingerprint density at radius 3 is 2.33 bits per heavy atom. The second kappa shape index (κ2) is 13.9. The molecule has 0 aliphatic heterocycles. The van der Waals surface area contributed by atoms with Gasteiger partial charge in [0.05, 0.1) is 20.1 Å². The molecular formula is C21H27F3N6O8S. The fourth-order valence-electron chi connectivity index (χ4n) is 2.78. The first-order valence-corrected chi connectivity index (χ1v) is 12.1. The Morgan fingerprint density at radius 1 is 1.18 bits per heavy atom. The first-order valence-electron chi connectivity index (χ1n) is 10.7. The van der Waals surface area contributed by atoms with Crippen molar-refractivity contribution < 1.29 is 45.9 Å². The summed E-state index contributed by atoms with van der Waals surface area (Å²) < 4.78 is 65.2. The van der Waals surface area contributed by atoms with E-state index in [-0.39, 0.29) is 47.4 Å². The first kappa shape index (κ1) is 32.5. The third kappa shape index (κ3) is 10.8. The number of sulfonamides is 1. The Hall–Kier alpha value is -4.48. The summed E-state index contributed by atoms with van der Waals surface area (Å²) in [6.07, 6.45) is -5.34. The number of hydrogen-bond donors (Lipinski definition) is 6. The number of rotatable bonds is 10. The normalized spacial score (nSPS) is 10.9. The van der Waals surface area contributed by atoms with E-state index in [4.69, 9.17) is 30.9 Å². The molecule has 0 spiro atoms. The van der Waals surface area contributed by atoms with Crippen LogP contribution in [0.5, 0.6) is 5.75 Å². The number of carbonyl (C=O) groups is 2. The van der Waals surface area contributed by atoms with Crippen molar-refractivity contribution >= 4 is 33.5 Å². The van der Waals surface area contributed by atoms with Crippen molar-refractivity contribution in [2.75, 3.05) is 25.0 Å². The number of aliphatic carboxylic acids is 1. The maximum absolute atomic E-state index is 13.0. The predicted octanol–water partition coefficient (Wildman–Crippen LogP) is 0.298. The molecule has 0 saturated heterocycles. The molecule has 1 aromatic heterocycles. The summed E-state index contributed by atoms with van der Waals surface area (Å²) in [5.41, 5.74) is 10.6. The van der Waals surface area contributed by atoms with Crippen LogP contribution in [0.3, 0.4) is 0 Å². The molecule has 14 nitrogen and oxygen atoms in total. The minimum atomic E-state index is -5.08. The van der Waals surface area contributed by atoms with Gasteiger partial charge in [0.2, 0.25) is 11.9 Å². The zero-order valence-corrected chi connectivity index (χ0v) is 21.7. The number of amides is 1. The number of carbonyl (C=O) groups excluding carboxylic acids is 1. The number of anilines is 1. The molecule has 0 saturated carbocycles. The lowest BCUT2D eigenvalue weighted by Gasteiger charge is -2.15. The van der Waals surface area contributed by atoms with Crippen molar-refractivity contribution in [1.82, 2.24) is 10.3 Å². The molecule has 2 rings (SSSR count). The average molecular weight is 581 g/mol. The van der Waals surface area contributed by atoms with Gasteiger partial charge in [-0.3, -0.25) is 14.3 Å². The van der Waals surface area contributed by atoms with Crippen LogP contribution in [0.2, 0.25) is 0 Å². The van der Waals surface area contributed by atoms with Gasteiger partial charge in [0.15, 0.2) is 0 Å². The second-order valence-corrected chi connectivity index (χ2v) is 9.27. The summed E-state index contributed by atoms with van der Waals surface area (Å²) in [6, 6.07) is 6.15. The standard InChI is InChI=1S/C19H26N6O6S.C2HF3O2/c1-11-4-5-14(30-3)15(8-11)32(28,29)25-17-13(9-12(2)23-18(17)27)10-16(26)22-6-7-31-24-19(20)21;3-2(4,5)1(6)7/h4-5,8-9,25H,6-7,10H2,1-3H3,(H,22,26)(H,23,27)(H4,20,21,24);(H,6,7). The molecule has 0 fully saturated rings. The number of ether oxygens (including phenoxy) is 1. The van der Waals surface area contributed by atoms with Gasteiger partial charge in [0, 0.05) is 5.69 Å². The molecule has 0 bridgehead atoms. The van der Waals surface area contributed by atoms with E-state index in [1.165, 1.54) is 25.3 Å². The van der Waals surface area contributed by atoms with Crippen molar-refractivity contribution in [1.29, 1.82) is 0 Å². The smallest absolute Gasteiger partial charge is 0.490 e. The SMILES string of the molecule is COc1ccc(C)cc1S(=O)(=O)Nc1c(CC(=O)NCCON=C(N)N)cc(C)[nH]c1=O.O=C(O)C(F)(F)F. The molecule has 0 aliphatic rings. The number of carboxylic acid groups (broad SMARTS) is 1. The summed E-state index contributed by atoms with van der Waals surface area (Å²) in [5.74, 6) is -3.35. The summed E-state index contributed by atoms with van der Waals surface area (Å²) in [6.45, 7) is 3.46. The highest BCUT2D eigenvalue weighted by Gasteiger charge is 2.38. The van der Waals surface area contributed by atoms with Gasteiger partial charge in [-0.15, -0.1) is 0 Å².